The van der Waals surface area contributed by atoms with Gasteiger partial charge in [0.15, 0.2) is 0 Å². The van der Waals surface area contributed by atoms with Crippen molar-refractivity contribution in [1.82, 2.24) is 0 Å². The normalized spacial score (nSPS) is 11.4. The largest absolute Gasteiger partial charge is 0.404 e. The van der Waals surface area contributed by atoms with Crippen molar-refractivity contribution in [1.29, 1.82) is 0 Å². The number of hydrogen-bond acceptors (Lipinski definition) is 2. The van der Waals surface area contributed by atoms with Gasteiger partial charge in [-0.2, -0.15) is 12.6 Å². The summed E-state index contributed by atoms with van der Waals surface area (Å²) >= 11 is 4.35. The lowest BCUT2D eigenvalue weighted by atomic mass is 10.3. The zero-order valence-corrected chi connectivity index (χ0v) is 15.5. The van der Waals surface area contributed by atoms with Gasteiger partial charge < -0.3 is 4.43 Å². The van der Waals surface area contributed by atoms with Crippen LogP contribution in [0.25, 0.3) is 0 Å². The highest BCUT2D eigenvalue weighted by atomic mass is 32.1. The Morgan fingerprint density at radius 2 is 1.00 bits per heavy atom. The van der Waals surface area contributed by atoms with Crippen LogP contribution in [-0.4, -0.2) is 20.7 Å². The quantitative estimate of drug-likeness (QED) is 0.298. The van der Waals surface area contributed by atoms with Crippen LogP contribution in [-0.2, 0) is 4.43 Å². The molecule has 0 unspecified atom stereocenters. The number of hydrogen-bond donors (Lipinski definition) is 1. The maximum Gasteiger partial charge on any atom is 0.288 e. The lowest BCUT2D eigenvalue weighted by molar-refractivity contribution is 0.325. The third-order valence-electron chi connectivity index (χ3n) is 4.16. The van der Waals surface area contributed by atoms with E-state index < -0.39 is 8.32 Å². The van der Waals surface area contributed by atoms with E-state index in [9.17, 15) is 0 Å². The van der Waals surface area contributed by atoms with E-state index in [1.807, 2.05) is 0 Å². The van der Waals surface area contributed by atoms with Gasteiger partial charge in [0.1, 0.15) is 0 Å². The lowest BCUT2D eigenvalue weighted by Crippen LogP contribution is -2.69. The highest BCUT2D eigenvalue weighted by Crippen LogP contribution is 2.10. The molecule has 0 spiro atoms. The maximum atomic E-state index is 6.72. The van der Waals surface area contributed by atoms with E-state index in [1.54, 1.807) is 0 Å². The van der Waals surface area contributed by atoms with Crippen LogP contribution in [0.1, 0.15) is 6.42 Å². The second-order valence-electron chi connectivity index (χ2n) is 5.70. The van der Waals surface area contributed by atoms with Crippen molar-refractivity contribution in [3.05, 3.63) is 91.0 Å². The molecule has 3 aromatic rings. The van der Waals surface area contributed by atoms with Crippen LogP contribution in [0.3, 0.4) is 0 Å². The second-order valence-corrected chi connectivity index (χ2v) is 9.54. The molecule has 122 valence electrons. The van der Waals surface area contributed by atoms with E-state index in [0.717, 1.165) is 12.2 Å². The predicted molar refractivity (Wildman–Crippen MR) is 108 cm³/mol. The average Bonchev–Trinajstić information content (AvgIpc) is 2.68. The number of thiol groups is 1. The van der Waals surface area contributed by atoms with Gasteiger partial charge in [-0.25, -0.2) is 0 Å². The molecule has 3 aromatic carbocycles. The van der Waals surface area contributed by atoms with Gasteiger partial charge in [-0.3, -0.25) is 0 Å². The van der Waals surface area contributed by atoms with Crippen molar-refractivity contribution in [2.45, 2.75) is 6.42 Å². The van der Waals surface area contributed by atoms with E-state index in [0.29, 0.717) is 6.61 Å². The molecule has 0 bridgehead atoms. The van der Waals surface area contributed by atoms with Crippen molar-refractivity contribution in [3.63, 3.8) is 0 Å². The Bertz CT molecular complexity index is 635. The molecule has 0 heterocycles. The topological polar surface area (TPSA) is 9.23 Å². The highest BCUT2D eigenvalue weighted by Gasteiger charge is 2.41. The summed E-state index contributed by atoms with van der Waals surface area (Å²) in [6.45, 7) is 0.717. The van der Waals surface area contributed by atoms with Crippen LogP contribution in [0.5, 0.6) is 0 Å². The Balaban J connectivity index is 2.20. The molecule has 0 saturated heterocycles. The fourth-order valence-corrected chi connectivity index (χ4v) is 7.12. The Morgan fingerprint density at radius 1 is 0.625 bits per heavy atom. The molecule has 3 rings (SSSR count). The standard InChI is InChI=1S/C21H22OSSi/c23-18-10-17-22-24(19-11-4-1-5-12-19,20-13-6-2-7-14-20)21-15-8-3-9-16-21/h1-9,11-16,23H,10,17-18H2. The first-order valence-electron chi connectivity index (χ1n) is 8.29. The molecule has 0 radical (unpaired) electrons. The fourth-order valence-electron chi connectivity index (χ4n) is 3.06. The predicted octanol–water partition coefficient (Wildman–Crippen LogP) is 2.99. The van der Waals surface area contributed by atoms with Crippen LogP contribution in [0.4, 0.5) is 0 Å². The van der Waals surface area contributed by atoms with Gasteiger partial charge in [-0.1, -0.05) is 91.0 Å². The monoisotopic (exact) mass is 350 g/mol. The molecule has 0 saturated carbocycles. The molecule has 0 fully saturated rings. The Kier molecular flexibility index (Phi) is 5.91. The minimum Gasteiger partial charge on any atom is -0.404 e. The molecule has 0 aliphatic rings. The number of benzene rings is 3. The summed E-state index contributed by atoms with van der Waals surface area (Å²) in [6, 6.07) is 32.0. The van der Waals surface area contributed by atoms with Gasteiger partial charge in [0.2, 0.25) is 0 Å². The molecule has 0 aliphatic heterocycles. The van der Waals surface area contributed by atoms with Gasteiger partial charge in [-0.15, -0.1) is 0 Å². The molecule has 0 aliphatic carbocycles. The van der Waals surface area contributed by atoms with E-state index >= 15 is 0 Å². The van der Waals surface area contributed by atoms with Crippen LogP contribution in [0, 0.1) is 0 Å². The SMILES string of the molecule is SCCCO[Si](c1ccccc1)(c1ccccc1)c1ccccc1. The zero-order chi connectivity index (χ0) is 16.7. The third kappa shape index (κ3) is 3.48. The fraction of sp³-hybridized carbons (Fsp3) is 0.143. The van der Waals surface area contributed by atoms with Gasteiger partial charge in [0.05, 0.1) is 0 Å². The van der Waals surface area contributed by atoms with E-state index in [2.05, 4.69) is 104 Å². The van der Waals surface area contributed by atoms with E-state index in [-0.39, 0.29) is 0 Å². The second kappa shape index (κ2) is 8.33. The molecule has 24 heavy (non-hydrogen) atoms. The molecule has 0 atom stereocenters. The third-order valence-corrected chi connectivity index (χ3v) is 8.55. The summed E-state index contributed by atoms with van der Waals surface area (Å²) in [5.41, 5.74) is 0. The summed E-state index contributed by atoms with van der Waals surface area (Å²) in [5, 5.41) is 3.84. The molecule has 0 N–H and O–H groups in total. The van der Waals surface area contributed by atoms with E-state index in [1.165, 1.54) is 15.6 Å². The average molecular weight is 351 g/mol. The van der Waals surface area contributed by atoms with Crippen molar-refractivity contribution in [2.24, 2.45) is 0 Å². The molecular formula is C21H22OSSi. The van der Waals surface area contributed by atoms with Crippen molar-refractivity contribution in [3.8, 4) is 0 Å². The van der Waals surface area contributed by atoms with Crippen LogP contribution in [0.2, 0.25) is 0 Å². The molecule has 1 nitrogen and oxygen atoms in total. The van der Waals surface area contributed by atoms with Crippen LogP contribution in [0.15, 0.2) is 91.0 Å². The summed E-state index contributed by atoms with van der Waals surface area (Å²) < 4.78 is 6.72. The zero-order valence-electron chi connectivity index (χ0n) is 13.6. The first-order chi connectivity index (χ1) is 11.9. The molecule has 0 aromatic heterocycles. The highest BCUT2D eigenvalue weighted by molar-refractivity contribution is 7.80. The Hall–Kier alpha value is -1.81. The number of rotatable bonds is 7. The van der Waals surface area contributed by atoms with Gasteiger partial charge >= 0.3 is 0 Å². The van der Waals surface area contributed by atoms with Crippen LogP contribution < -0.4 is 15.6 Å². The first kappa shape index (κ1) is 17.0. The summed E-state index contributed by atoms with van der Waals surface area (Å²) in [4.78, 5) is 0. The Morgan fingerprint density at radius 3 is 1.33 bits per heavy atom. The Labute approximate surface area is 150 Å². The molecular weight excluding hydrogens is 328 g/mol. The maximum absolute atomic E-state index is 6.72. The van der Waals surface area contributed by atoms with Crippen molar-refractivity contribution >= 4 is 36.5 Å². The molecule has 3 heteroatoms. The van der Waals surface area contributed by atoms with Crippen LogP contribution >= 0.6 is 12.6 Å². The molecule has 0 amide bonds. The summed E-state index contributed by atoms with van der Waals surface area (Å²) in [5.74, 6) is 0.836. The summed E-state index contributed by atoms with van der Waals surface area (Å²) in [6.07, 6.45) is 0.949. The smallest absolute Gasteiger partial charge is 0.288 e. The lowest BCUT2D eigenvalue weighted by Gasteiger charge is -2.33. The van der Waals surface area contributed by atoms with E-state index in [4.69, 9.17) is 4.43 Å². The van der Waals surface area contributed by atoms with Crippen molar-refractivity contribution < 1.29 is 4.43 Å². The van der Waals surface area contributed by atoms with Gasteiger partial charge in [-0.05, 0) is 27.7 Å². The minimum atomic E-state index is -2.50. The van der Waals surface area contributed by atoms with Crippen molar-refractivity contribution in [2.75, 3.05) is 12.4 Å². The van der Waals surface area contributed by atoms with Gasteiger partial charge in [0, 0.05) is 6.61 Å². The first-order valence-corrected chi connectivity index (χ1v) is 10.8. The minimum absolute atomic E-state index is 0.717. The summed E-state index contributed by atoms with van der Waals surface area (Å²) in [7, 11) is -2.50. The van der Waals surface area contributed by atoms with Gasteiger partial charge in [0.25, 0.3) is 8.32 Å².